The van der Waals surface area contributed by atoms with Crippen molar-refractivity contribution < 1.29 is 80.5 Å². The van der Waals surface area contributed by atoms with Gasteiger partial charge in [0.05, 0.1) is 19.5 Å². The van der Waals surface area contributed by atoms with E-state index in [1.165, 1.54) is 117 Å². The first-order chi connectivity index (χ1) is 34.4. The third-order valence-corrected chi connectivity index (χ3v) is 16.4. The maximum Gasteiger partial charge on any atom is 0.481 e. The van der Waals surface area contributed by atoms with E-state index >= 15 is 0 Å². The van der Waals surface area contributed by atoms with E-state index in [1.807, 2.05) is 0 Å². The first-order valence-corrected chi connectivity index (χ1v) is 31.0. The topological polar surface area (TPSA) is 364 Å². The van der Waals surface area contributed by atoms with Crippen molar-refractivity contribution in [3.05, 3.63) is 12.7 Å². The molecule has 3 rings (SSSR count). The Labute approximate surface area is 433 Å². The molecule has 2 amide bonds. The zero-order chi connectivity index (χ0) is 54.1. The molecule has 1 fully saturated rings. The van der Waals surface area contributed by atoms with Crippen LogP contribution in [-0.4, -0.2) is 123 Å². The molecule has 3 heterocycles. The quantitative estimate of drug-likeness (QED) is 0.0237. The van der Waals surface area contributed by atoms with E-state index in [0.717, 1.165) is 54.2 Å². The number of carbonyl (C=O) groups is 3. The number of phosphoric acid groups is 3. The van der Waals surface area contributed by atoms with Crippen LogP contribution in [0.4, 0.5) is 5.82 Å². The number of thioether (sulfide) groups is 1. The summed E-state index contributed by atoms with van der Waals surface area (Å²) >= 11 is 1.16. The molecule has 0 saturated carbocycles. The monoisotopic (exact) mass is 1120 g/mol. The summed E-state index contributed by atoms with van der Waals surface area (Å²) in [6.45, 7) is 5.26. The van der Waals surface area contributed by atoms with Crippen LogP contribution in [0.1, 0.15) is 169 Å². The number of aromatic nitrogens is 4. The average molecular weight is 1120 g/mol. The highest BCUT2D eigenvalue weighted by Gasteiger charge is 2.50. The van der Waals surface area contributed by atoms with Crippen LogP contribution in [0.3, 0.4) is 0 Å². The molecule has 1 aliphatic rings. The van der Waals surface area contributed by atoms with Crippen molar-refractivity contribution in [2.45, 2.75) is 193 Å². The van der Waals surface area contributed by atoms with Crippen molar-refractivity contribution in [2.75, 3.05) is 37.8 Å². The number of anilines is 1. The molecule has 0 bridgehead atoms. The number of ether oxygens (including phenoxy) is 1. The van der Waals surface area contributed by atoms with Gasteiger partial charge in [-0.05, 0) is 12.3 Å². The zero-order valence-electron chi connectivity index (χ0n) is 42.8. The largest absolute Gasteiger partial charge is 0.481 e. The van der Waals surface area contributed by atoms with Gasteiger partial charge in [0.15, 0.2) is 22.8 Å². The van der Waals surface area contributed by atoms with Crippen LogP contribution in [0, 0.1) is 11.3 Å². The number of amides is 2. The zero-order valence-corrected chi connectivity index (χ0v) is 46.3. The first-order valence-electron chi connectivity index (χ1n) is 25.5. The lowest BCUT2D eigenvalue weighted by Crippen LogP contribution is -2.46. The summed E-state index contributed by atoms with van der Waals surface area (Å²) in [5.41, 5.74) is 4.30. The Morgan fingerprint density at radius 3 is 2.00 bits per heavy atom. The van der Waals surface area contributed by atoms with Crippen molar-refractivity contribution in [1.29, 1.82) is 0 Å². The standard InChI is InChI=1S/C45H82N7O17P3S/c1-5-6-7-19-22-33(2)23-20-17-15-13-11-9-8-10-12-14-16-18-21-24-36(54)73-28-27-47-35(53)25-26-48-43(57)40(56)45(3,4)30-66-72(63,64)69-71(61,62)65-29-34-39(68-70(58,59)60)38(55)44(67-34)52-32-51-37-41(46)49-31-50-42(37)52/h31-34,38-40,44,55-56H,5-30H2,1-4H3,(H,47,53)(H,48,57)(H,61,62)(H,63,64)(H2,46,49,50)(H2,58,59,60). The van der Waals surface area contributed by atoms with Crippen LogP contribution in [0.5, 0.6) is 0 Å². The Morgan fingerprint density at radius 1 is 0.822 bits per heavy atom. The lowest BCUT2D eigenvalue weighted by molar-refractivity contribution is -0.137. The predicted octanol–water partition coefficient (Wildman–Crippen LogP) is 7.12. The van der Waals surface area contributed by atoms with Gasteiger partial charge in [-0.3, -0.25) is 32.5 Å². The minimum atomic E-state index is -5.58. The minimum absolute atomic E-state index is 0.0344. The van der Waals surface area contributed by atoms with Gasteiger partial charge < -0.3 is 50.9 Å². The Bertz CT molecular complexity index is 2120. The van der Waals surface area contributed by atoms with Gasteiger partial charge in [0.1, 0.15) is 36.3 Å². The fourth-order valence-corrected chi connectivity index (χ4v) is 11.7. The number of nitrogens with two attached hydrogens (primary N) is 1. The highest BCUT2D eigenvalue weighted by atomic mass is 32.2. The Hall–Kier alpha value is -2.44. The van der Waals surface area contributed by atoms with Crippen molar-refractivity contribution in [1.82, 2.24) is 30.2 Å². The Morgan fingerprint density at radius 2 is 1.40 bits per heavy atom. The molecule has 24 nitrogen and oxygen atoms in total. The van der Waals surface area contributed by atoms with Gasteiger partial charge in [0.25, 0.3) is 0 Å². The molecule has 0 spiro atoms. The summed E-state index contributed by atoms with van der Waals surface area (Å²) in [4.78, 5) is 88.6. The number of fused-ring (bicyclic) bond motifs is 1. The molecule has 0 aliphatic carbocycles. The van der Waals surface area contributed by atoms with Gasteiger partial charge in [0, 0.05) is 37.1 Å². The highest BCUT2D eigenvalue weighted by Crippen LogP contribution is 2.61. The maximum absolute atomic E-state index is 12.8. The van der Waals surface area contributed by atoms with E-state index in [-0.39, 0.29) is 41.6 Å². The van der Waals surface area contributed by atoms with Gasteiger partial charge in [-0.1, -0.05) is 155 Å². The number of imidazole rings is 1. The number of nitrogens with one attached hydrogen (secondary N) is 2. The third-order valence-electron chi connectivity index (χ3n) is 12.4. The number of carbonyl (C=O) groups excluding carboxylic acids is 3. The maximum atomic E-state index is 12.8. The molecule has 420 valence electrons. The summed E-state index contributed by atoms with van der Waals surface area (Å²) in [5.74, 6) is -0.139. The predicted molar refractivity (Wildman–Crippen MR) is 274 cm³/mol. The van der Waals surface area contributed by atoms with E-state index in [2.05, 4.69) is 48.3 Å². The molecule has 0 radical (unpaired) electrons. The molecule has 10 N–H and O–H groups in total. The fraction of sp³-hybridized carbons (Fsp3) is 0.822. The van der Waals surface area contributed by atoms with Gasteiger partial charge in [0.2, 0.25) is 11.8 Å². The van der Waals surface area contributed by atoms with Crippen molar-refractivity contribution in [3.8, 4) is 0 Å². The van der Waals surface area contributed by atoms with Gasteiger partial charge in [-0.15, -0.1) is 0 Å². The summed E-state index contributed by atoms with van der Waals surface area (Å²) in [7, 11) is -16.4. The third kappa shape index (κ3) is 25.5. The lowest BCUT2D eigenvalue weighted by Gasteiger charge is -2.30. The van der Waals surface area contributed by atoms with Gasteiger partial charge >= 0.3 is 23.5 Å². The molecular formula is C45H82N7O17P3S. The number of nitrogen functional groups attached to an aromatic ring is 1. The molecule has 1 saturated heterocycles. The van der Waals surface area contributed by atoms with Crippen molar-refractivity contribution in [2.24, 2.45) is 11.3 Å². The summed E-state index contributed by atoms with van der Waals surface area (Å²) in [6, 6.07) is 0. The second-order valence-electron chi connectivity index (χ2n) is 19.4. The van der Waals surface area contributed by atoms with Gasteiger partial charge in [-0.2, -0.15) is 4.31 Å². The molecule has 28 heteroatoms. The van der Waals surface area contributed by atoms with Crippen LogP contribution >= 0.6 is 35.2 Å². The lowest BCUT2D eigenvalue weighted by atomic mass is 9.87. The van der Waals surface area contributed by atoms with Crippen LogP contribution < -0.4 is 16.4 Å². The number of unbranched alkanes of at least 4 members (excludes halogenated alkanes) is 15. The summed E-state index contributed by atoms with van der Waals surface area (Å²) in [6.07, 6.45) is 17.9. The molecule has 2 aromatic rings. The van der Waals surface area contributed by atoms with E-state index in [9.17, 15) is 57.9 Å². The summed E-state index contributed by atoms with van der Waals surface area (Å²) < 4.78 is 62.5. The first kappa shape index (κ1) is 64.8. The highest BCUT2D eigenvalue weighted by molar-refractivity contribution is 8.13. The van der Waals surface area contributed by atoms with Gasteiger partial charge in [-0.25, -0.2) is 28.6 Å². The Kier molecular flexibility index (Phi) is 29.3. The number of nitrogens with zero attached hydrogens (tertiary/aromatic N) is 4. The minimum Gasteiger partial charge on any atom is -0.386 e. The second-order valence-corrected chi connectivity index (χ2v) is 24.8. The molecule has 2 aromatic heterocycles. The Balaban J connectivity index is 1.23. The second kappa shape index (κ2) is 33.0. The normalized spacial score (nSPS) is 19.9. The number of aliphatic hydroxyl groups is 2. The van der Waals surface area contributed by atoms with Crippen LogP contribution in [-0.2, 0) is 50.7 Å². The molecule has 73 heavy (non-hydrogen) atoms. The molecule has 1 aliphatic heterocycles. The number of hydrogen-bond acceptors (Lipinski definition) is 18. The van der Waals surface area contributed by atoms with E-state index in [0.29, 0.717) is 12.2 Å². The van der Waals surface area contributed by atoms with E-state index < -0.39 is 84.6 Å². The molecular weight excluding hydrogens is 1040 g/mol. The number of aliphatic hydroxyl groups excluding tert-OH is 2. The molecule has 8 unspecified atom stereocenters. The van der Waals surface area contributed by atoms with E-state index in [1.54, 1.807) is 0 Å². The van der Waals surface area contributed by atoms with E-state index in [4.69, 9.17) is 19.5 Å². The molecule has 8 atom stereocenters. The van der Waals surface area contributed by atoms with Crippen LogP contribution in [0.2, 0.25) is 0 Å². The van der Waals surface area contributed by atoms with Crippen molar-refractivity contribution >= 4 is 69.1 Å². The van der Waals surface area contributed by atoms with Crippen LogP contribution in [0.25, 0.3) is 11.2 Å². The smallest absolute Gasteiger partial charge is 0.386 e. The van der Waals surface area contributed by atoms with Crippen molar-refractivity contribution in [3.63, 3.8) is 0 Å². The average Bonchev–Trinajstić information content (AvgIpc) is 3.88. The number of rotatable bonds is 40. The molecule has 0 aromatic carbocycles. The fourth-order valence-electron chi connectivity index (χ4n) is 8.14. The SMILES string of the molecule is CCCCCCC(C)CCCCCCCCCCCCCCCC(=O)SCCNC(=O)CCNC(=O)C(O)C(C)(C)COP(=O)(O)OP(=O)(O)OCC1OC(n2cnc3c(N)ncnc32)C(O)C1OP(=O)(O)O. The number of hydrogen-bond donors (Lipinski definition) is 9. The summed E-state index contributed by atoms with van der Waals surface area (Å²) in [5, 5.41) is 26.7. The number of phosphoric ester groups is 3. The van der Waals surface area contributed by atoms with Crippen LogP contribution in [0.15, 0.2) is 12.7 Å².